The Balaban J connectivity index is 2.55. The third-order valence-corrected chi connectivity index (χ3v) is 3.77. The van der Waals surface area contributed by atoms with Crippen molar-refractivity contribution in [3.05, 3.63) is 26.7 Å². The first-order valence-electron chi connectivity index (χ1n) is 5.44. The summed E-state index contributed by atoms with van der Waals surface area (Å²) in [6.07, 6.45) is 0.277. The molecule has 1 fully saturated rings. The van der Waals surface area contributed by atoms with E-state index in [0.717, 1.165) is 0 Å². The number of nitro benzene ring substituents is 1. The molecule has 102 valence electrons. The van der Waals surface area contributed by atoms with Crippen molar-refractivity contribution in [3.8, 4) is 5.75 Å². The largest absolute Gasteiger partial charge is 0.496 e. The maximum absolute atomic E-state index is 11.9. The van der Waals surface area contributed by atoms with Crippen LogP contribution in [0.4, 0.5) is 11.4 Å². The molecule has 0 aromatic heterocycles. The molecule has 2 rings (SSSR count). The predicted octanol–water partition coefficient (Wildman–Crippen LogP) is 2.40. The summed E-state index contributed by atoms with van der Waals surface area (Å²) in [6, 6.07) is 2.90. The van der Waals surface area contributed by atoms with Crippen LogP contribution in [0.5, 0.6) is 5.75 Å². The monoisotopic (exact) mass is 346 g/mol. The Kier molecular flexibility index (Phi) is 4.00. The van der Waals surface area contributed by atoms with E-state index in [1.54, 1.807) is 6.07 Å². The van der Waals surface area contributed by atoms with E-state index < -0.39 is 4.92 Å². The maximum atomic E-state index is 11.9. The average molecular weight is 347 g/mol. The van der Waals surface area contributed by atoms with Gasteiger partial charge in [0.1, 0.15) is 11.4 Å². The van der Waals surface area contributed by atoms with Crippen molar-refractivity contribution >= 4 is 45.8 Å². The molecule has 1 aliphatic heterocycles. The first-order chi connectivity index (χ1) is 8.93. The lowest BCUT2D eigenvalue weighted by molar-refractivity contribution is -0.384. The molecule has 6 nitrogen and oxygen atoms in total. The van der Waals surface area contributed by atoms with Crippen molar-refractivity contribution in [1.82, 2.24) is 0 Å². The summed E-state index contributed by atoms with van der Waals surface area (Å²) in [7, 11) is 1.43. The van der Waals surface area contributed by atoms with Gasteiger partial charge in [-0.2, -0.15) is 12.6 Å². The number of methoxy groups -OCH3 is 1. The lowest BCUT2D eigenvalue weighted by Crippen LogP contribution is -2.26. The standard InChI is InChI=1S/C11H11BrN2O4S/c1-18-6-2-8(12)11(9(3-6)14(16)17)13-5-7(19)4-10(13)15/h2-3,7,19H,4-5H2,1H3. The molecular formula is C11H11BrN2O4S. The van der Waals surface area contributed by atoms with Crippen LogP contribution in [0, 0.1) is 10.1 Å². The summed E-state index contributed by atoms with van der Waals surface area (Å²) in [5.74, 6) is 0.186. The minimum absolute atomic E-state index is 0.110. The van der Waals surface area contributed by atoms with Crippen LogP contribution in [0.2, 0.25) is 0 Å². The van der Waals surface area contributed by atoms with E-state index in [1.807, 2.05) is 0 Å². The number of nitrogens with zero attached hydrogens (tertiary/aromatic N) is 2. The van der Waals surface area contributed by atoms with Gasteiger partial charge < -0.3 is 9.64 Å². The number of anilines is 1. The van der Waals surface area contributed by atoms with Crippen LogP contribution in [0.25, 0.3) is 0 Å². The van der Waals surface area contributed by atoms with Crippen molar-refractivity contribution in [1.29, 1.82) is 0 Å². The molecular weight excluding hydrogens is 336 g/mol. The number of ether oxygens (including phenoxy) is 1. The summed E-state index contributed by atoms with van der Waals surface area (Å²) in [5.41, 5.74) is 0.0920. The minimum atomic E-state index is -0.526. The highest BCUT2D eigenvalue weighted by Crippen LogP contribution is 2.41. The second kappa shape index (κ2) is 5.38. The molecule has 19 heavy (non-hydrogen) atoms. The fourth-order valence-corrected chi connectivity index (χ4v) is 2.95. The number of hydrogen-bond donors (Lipinski definition) is 1. The number of nitro groups is 1. The third-order valence-electron chi connectivity index (χ3n) is 2.82. The van der Waals surface area contributed by atoms with Gasteiger partial charge in [-0.05, 0) is 22.0 Å². The number of carbonyl (C=O) groups is 1. The maximum Gasteiger partial charge on any atom is 0.297 e. The smallest absolute Gasteiger partial charge is 0.297 e. The highest BCUT2D eigenvalue weighted by molar-refractivity contribution is 9.10. The molecule has 0 saturated carbocycles. The summed E-state index contributed by atoms with van der Waals surface area (Å²) >= 11 is 7.51. The van der Waals surface area contributed by atoms with Gasteiger partial charge >= 0.3 is 0 Å². The van der Waals surface area contributed by atoms with E-state index >= 15 is 0 Å². The van der Waals surface area contributed by atoms with E-state index in [4.69, 9.17) is 4.74 Å². The summed E-state index contributed by atoms with van der Waals surface area (Å²) < 4.78 is 5.45. The Bertz CT molecular complexity index is 552. The van der Waals surface area contributed by atoms with Crippen molar-refractivity contribution in [2.24, 2.45) is 0 Å². The van der Waals surface area contributed by atoms with Gasteiger partial charge in [-0.25, -0.2) is 0 Å². The number of benzene rings is 1. The second-order valence-electron chi connectivity index (χ2n) is 4.10. The van der Waals surface area contributed by atoms with Crippen molar-refractivity contribution in [2.45, 2.75) is 11.7 Å². The highest BCUT2D eigenvalue weighted by atomic mass is 79.9. The van der Waals surface area contributed by atoms with Crippen LogP contribution in [-0.2, 0) is 4.79 Å². The van der Waals surface area contributed by atoms with Crippen LogP contribution in [-0.4, -0.2) is 29.7 Å². The number of amides is 1. The lowest BCUT2D eigenvalue weighted by Gasteiger charge is -2.18. The number of halogens is 1. The van der Waals surface area contributed by atoms with E-state index in [-0.39, 0.29) is 29.0 Å². The molecule has 0 spiro atoms. The van der Waals surface area contributed by atoms with Crippen molar-refractivity contribution in [3.63, 3.8) is 0 Å². The summed E-state index contributed by atoms with van der Waals surface area (Å²) in [4.78, 5) is 23.9. The van der Waals surface area contributed by atoms with Gasteiger partial charge in [-0.15, -0.1) is 0 Å². The van der Waals surface area contributed by atoms with Crippen molar-refractivity contribution < 1.29 is 14.5 Å². The number of hydrogen-bond acceptors (Lipinski definition) is 5. The van der Waals surface area contributed by atoms with E-state index in [0.29, 0.717) is 16.8 Å². The molecule has 8 heteroatoms. The van der Waals surface area contributed by atoms with Crippen LogP contribution < -0.4 is 9.64 Å². The van der Waals surface area contributed by atoms with Gasteiger partial charge in [0.25, 0.3) is 5.69 Å². The molecule has 1 aromatic carbocycles. The predicted molar refractivity (Wildman–Crippen MR) is 77.1 cm³/mol. The molecule has 0 radical (unpaired) electrons. The zero-order valence-corrected chi connectivity index (χ0v) is 12.5. The highest BCUT2D eigenvalue weighted by Gasteiger charge is 2.34. The summed E-state index contributed by atoms with van der Waals surface area (Å²) in [5, 5.41) is 11.0. The van der Waals surface area contributed by atoms with E-state index in [1.165, 1.54) is 18.1 Å². The fraction of sp³-hybridized carbons (Fsp3) is 0.364. The molecule has 1 saturated heterocycles. The van der Waals surface area contributed by atoms with Crippen LogP contribution in [0.3, 0.4) is 0 Å². The Morgan fingerprint density at radius 3 is 2.74 bits per heavy atom. The molecule has 1 heterocycles. The topological polar surface area (TPSA) is 72.7 Å². The van der Waals surface area contributed by atoms with Crippen LogP contribution in [0.15, 0.2) is 16.6 Å². The van der Waals surface area contributed by atoms with Crippen LogP contribution >= 0.6 is 28.6 Å². The van der Waals surface area contributed by atoms with Gasteiger partial charge in [0, 0.05) is 18.2 Å². The first-order valence-corrected chi connectivity index (χ1v) is 6.75. The normalized spacial score (nSPS) is 18.8. The molecule has 1 unspecified atom stereocenters. The molecule has 1 aliphatic rings. The molecule has 1 aromatic rings. The van der Waals surface area contributed by atoms with E-state index in [2.05, 4.69) is 28.6 Å². The third kappa shape index (κ3) is 2.69. The van der Waals surface area contributed by atoms with Gasteiger partial charge in [0.2, 0.25) is 5.91 Å². The summed E-state index contributed by atoms with van der Waals surface area (Å²) in [6.45, 7) is 0.355. The van der Waals surface area contributed by atoms with E-state index in [9.17, 15) is 14.9 Å². The SMILES string of the molecule is COc1cc(Br)c(N2CC(S)CC2=O)c([N+](=O)[O-])c1. The Morgan fingerprint density at radius 2 is 2.26 bits per heavy atom. The van der Waals surface area contributed by atoms with Crippen molar-refractivity contribution in [2.75, 3.05) is 18.6 Å². The zero-order valence-electron chi connectivity index (χ0n) is 10.00. The Morgan fingerprint density at radius 1 is 1.58 bits per heavy atom. The number of rotatable bonds is 3. The lowest BCUT2D eigenvalue weighted by atomic mass is 10.2. The van der Waals surface area contributed by atoms with Gasteiger partial charge in [0.15, 0.2) is 0 Å². The quantitative estimate of drug-likeness (QED) is 0.518. The first kappa shape index (κ1) is 14.1. The second-order valence-corrected chi connectivity index (χ2v) is 5.68. The molecule has 0 N–H and O–H groups in total. The minimum Gasteiger partial charge on any atom is -0.496 e. The number of thiol groups is 1. The average Bonchev–Trinajstić information content (AvgIpc) is 2.66. The molecule has 1 amide bonds. The Hall–Kier alpha value is -1.28. The van der Waals surface area contributed by atoms with Crippen LogP contribution in [0.1, 0.15) is 6.42 Å². The van der Waals surface area contributed by atoms with Gasteiger partial charge in [0.05, 0.1) is 22.6 Å². The van der Waals surface area contributed by atoms with Gasteiger partial charge in [-0.1, -0.05) is 0 Å². The zero-order chi connectivity index (χ0) is 14.2. The Labute approximate surface area is 123 Å². The fourth-order valence-electron chi connectivity index (χ4n) is 1.99. The molecule has 0 bridgehead atoms. The number of carbonyl (C=O) groups excluding carboxylic acids is 1. The molecule has 1 atom stereocenters. The molecule has 0 aliphatic carbocycles. The van der Waals surface area contributed by atoms with Gasteiger partial charge in [-0.3, -0.25) is 14.9 Å².